The maximum atomic E-state index is 13.3. The molecule has 0 aliphatic carbocycles. The van der Waals surface area contributed by atoms with E-state index in [1.807, 2.05) is 0 Å². The number of benzene rings is 3. The molecule has 3 rings (SSSR count). The molecule has 1 N–H and O–H groups in total. The first-order valence-electron chi connectivity index (χ1n) is 9.63. The summed E-state index contributed by atoms with van der Waals surface area (Å²) < 4.78 is 32.1. The molecule has 0 fully saturated rings. The van der Waals surface area contributed by atoms with Crippen molar-refractivity contribution in [2.75, 3.05) is 23.3 Å². The number of sulfonamides is 1. The number of ether oxygens (including phenoxy) is 1. The fraction of sp³-hybridized carbons (Fsp3) is 0.0909. The Balaban J connectivity index is 1.94. The zero-order valence-corrected chi connectivity index (χ0v) is 19.2. The summed E-state index contributed by atoms with van der Waals surface area (Å²) in [5.41, 5.74) is 0.0272. The average Bonchev–Trinajstić information content (AvgIpc) is 2.83. The summed E-state index contributed by atoms with van der Waals surface area (Å²) in [6, 6.07) is 16.3. The summed E-state index contributed by atoms with van der Waals surface area (Å²) in [6.07, 6.45) is 0. The van der Waals surface area contributed by atoms with Crippen LogP contribution >= 0.6 is 11.6 Å². The predicted molar refractivity (Wildman–Crippen MR) is 125 cm³/mol. The second-order valence-electron chi connectivity index (χ2n) is 6.83. The van der Waals surface area contributed by atoms with E-state index in [4.69, 9.17) is 11.6 Å². The van der Waals surface area contributed by atoms with Gasteiger partial charge in [-0.25, -0.2) is 13.2 Å². The lowest BCUT2D eigenvalue weighted by Crippen LogP contribution is -2.38. The number of hydrogen-bond acceptors (Lipinski definition) is 7. The van der Waals surface area contributed by atoms with E-state index >= 15 is 0 Å². The molecule has 0 radical (unpaired) electrons. The lowest BCUT2D eigenvalue weighted by atomic mass is 10.2. The molecule has 0 spiro atoms. The lowest BCUT2D eigenvalue weighted by Gasteiger charge is -2.24. The van der Waals surface area contributed by atoms with Crippen molar-refractivity contribution in [3.8, 4) is 0 Å². The number of carbonyl (C=O) groups is 2. The van der Waals surface area contributed by atoms with Crippen molar-refractivity contribution in [2.24, 2.45) is 0 Å². The summed E-state index contributed by atoms with van der Waals surface area (Å²) in [4.78, 5) is 34.9. The van der Waals surface area contributed by atoms with E-state index in [9.17, 15) is 28.1 Å². The molecule has 34 heavy (non-hydrogen) atoms. The van der Waals surface area contributed by atoms with Crippen LogP contribution in [0.3, 0.4) is 0 Å². The first kappa shape index (κ1) is 24.7. The van der Waals surface area contributed by atoms with Crippen molar-refractivity contribution >= 4 is 50.6 Å². The highest BCUT2D eigenvalue weighted by Crippen LogP contribution is 2.26. The van der Waals surface area contributed by atoms with Crippen LogP contribution in [0.4, 0.5) is 17.1 Å². The fourth-order valence-corrected chi connectivity index (χ4v) is 4.61. The Hall–Kier alpha value is -3.96. The highest BCUT2D eigenvalue weighted by atomic mass is 35.5. The maximum absolute atomic E-state index is 13.3. The number of nitro groups is 1. The molecular weight excluding hydrogens is 486 g/mol. The maximum Gasteiger partial charge on any atom is 0.339 e. The Morgan fingerprint density at radius 1 is 1.06 bits per heavy atom. The van der Waals surface area contributed by atoms with Crippen LogP contribution in [0.25, 0.3) is 0 Å². The van der Waals surface area contributed by atoms with Gasteiger partial charge in [-0.15, -0.1) is 0 Å². The van der Waals surface area contributed by atoms with Crippen LogP contribution in [0, 0.1) is 10.1 Å². The van der Waals surface area contributed by atoms with E-state index < -0.39 is 33.4 Å². The van der Waals surface area contributed by atoms with Crippen LogP contribution in [-0.4, -0.2) is 38.9 Å². The zero-order chi connectivity index (χ0) is 24.9. The Kier molecular flexibility index (Phi) is 7.49. The van der Waals surface area contributed by atoms with Crippen LogP contribution in [0.2, 0.25) is 5.02 Å². The molecule has 0 aliphatic heterocycles. The number of methoxy groups -OCH3 is 1. The molecule has 0 aromatic heterocycles. The Bertz CT molecular complexity index is 1330. The quantitative estimate of drug-likeness (QED) is 0.280. The van der Waals surface area contributed by atoms with Crippen LogP contribution in [0.1, 0.15) is 10.4 Å². The molecule has 176 valence electrons. The first-order valence-corrected chi connectivity index (χ1v) is 11.4. The minimum absolute atomic E-state index is 0.0195. The molecule has 0 saturated heterocycles. The van der Waals surface area contributed by atoms with Gasteiger partial charge < -0.3 is 10.1 Å². The molecule has 0 unspecified atom stereocenters. The van der Waals surface area contributed by atoms with Crippen LogP contribution < -0.4 is 9.62 Å². The molecule has 0 bridgehead atoms. The largest absolute Gasteiger partial charge is 0.465 e. The molecule has 3 aromatic rings. The standard InChI is InChI=1S/C22H18ClN3O7S/c1-33-22(28)19-13-15(7-12-20(19)23)24-21(27)14-25(16-8-10-17(11-9-16)26(29)30)34(31,32)18-5-3-2-4-6-18/h2-13H,14H2,1H3,(H,24,27). The van der Waals surface area contributed by atoms with Gasteiger partial charge in [-0.3, -0.25) is 19.2 Å². The number of carbonyl (C=O) groups excluding carboxylic acids is 2. The second kappa shape index (κ2) is 10.3. The third kappa shape index (κ3) is 5.50. The summed E-state index contributed by atoms with van der Waals surface area (Å²) in [5.74, 6) is -1.43. The molecule has 3 aromatic carbocycles. The number of non-ortho nitro benzene ring substituents is 1. The van der Waals surface area contributed by atoms with Gasteiger partial charge >= 0.3 is 5.97 Å². The highest BCUT2D eigenvalue weighted by Gasteiger charge is 2.27. The van der Waals surface area contributed by atoms with Crippen LogP contribution in [0.5, 0.6) is 0 Å². The van der Waals surface area contributed by atoms with Gasteiger partial charge in [0.15, 0.2) is 0 Å². The minimum atomic E-state index is -4.20. The van der Waals surface area contributed by atoms with Crippen molar-refractivity contribution in [1.82, 2.24) is 0 Å². The molecule has 1 amide bonds. The number of esters is 1. The molecule has 0 heterocycles. The molecule has 0 saturated carbocycles. The van der Waals surface area contributed by atoms with Crippen LogP contribution in [-0.2, 0) is 19.6 Å². The Labute approximate surface area is 199 Å². The van der Waals surface area contributed by atoms with E-state index in [0.717, 1.165) is 16.4 Å². The van der Waals surface area contributed by atoms with Gasteiger partial charge in [0, 0.05) is 17.8 Å². The smallest absolute Gasteiger partial charge is 0.339 e. The van der Waals surface area contributed by atoms with Gasteiger partial charge in [-0.2, -0.15) is 0 Å². The van der Waals surface area contributed by atoms with Crippen molar-refractivity contribution in [3.05, 3.63) is 93.5 Å². The van der Waals surface area contributed by atoms with Gasteiger partial charge in [0.25, 0.3) is 15.7 Å². The number of hydrogen-bond donors (Lipinski definition) is 1. The van der Waals surface area contributed by atoms with E-state index in [2.05, 4.69) is 10.1 Å². The molecule has 10 nitrogen and oxygen atoms in total. The zero-order valence-electron chi connectivity index (χ0n) is 17.7. The van der Waals surface area contributed by atoms with Gasteiger partial charge in [0.2, 0.25) is 5.91 Å². The van der Waals surface area contributed by atoms with Gasteiger partial charge in [0.1, 0.15) is 6.54 Å². The normalized spacial score (nSPS) is 10.9. The van der Waals surface area contributed by atoms with Crippen molar-refractivity contribution in [3.63, 3.8) is 0 Å². The minimum Gasteiger partial charge on any atom is -0.465 e. The number of nitrogens with zero attached hydrogens (tertiary/aromatic N) is 2. The number of nitro benzene ring substituents is 1. The van der Waals surface area contributed by atoms with Crippen molar-refractivity contribution in [1.29, 1.82) is 0 Å². The lowest BCUT2D eigenvalue weighted by molar-refractivity contribution is -0.384. The molecule has 0 aliphatic rings. The topological polar surface area (TPSA) is 136 Å². The van der Waals surface area contributed by atoms with Crippen molar-refractivity contribution < 1.29 is 27.7 Å². The Morgan fingerprint density at radius 3 is 2.29 bits per heavy atom. The summed E-state index contributed by atoms with van der Waals surface area (Å²) in [6.45, 7) is -0.648. The van der Waals surface area contributed by atoms with E-state index in [1.165, 1.54) is 61.7 Å². The number of nitrogens with one attached hydrogen (secondary N) is 1. The molecule has 0 atom stereocenters. The van der Waals surface area contributed by atoms with Crippen molar-refractivity contribution in [2.45, 2.75) is 4.90 Å². The first-order chi connectivity index (χ1) is 16.1. The number of halogens is 1. The number of amides is 1. The second-order valence-corrected chi connectivity index (χ2v) is 9.10. The van der Waals surface area contributed by atoms with Gasteiger partial charge in [-0.05, 0) is 42.5 Å². The average molecular weight is 504 g/mol. The summed E-state index contributed by atoms with van der Waals surface area (Å²) in [5, 5.41) is 13.6. The molecular formula is C22H18ClN3O7S. The molecule has 12 heteroatoms. The Morgan fingerprint density at radius 2 is 1.71 bits per heavy atom. The highest BCUT2D eigenvalue weighted by molar-refractivity contribution is 7.92. The monoisotopic (exact) mass is 503 g/mol. The third-order valence-corrected chi connectivity index (χ3v) is 6.74. The summed E-state index contributed by atoms with van der Waals surface area (Å²) >= 11 is 5.98. The predicted octanol–water partition coefficient (Wildman–Crippen LogP) is 3.87. The third-order valence-electron chi connectivity index (χ3n) is 4.62. The van der Waals surface area contributed by atoms with Gasteiger partial charge in [-0.1, -0.05) is 29.8 Å². The number of anilines is 2. The van der Waals surface area contributed by atoms with E-state index in [-0.39, 0.29) is 32.5 Å². The van der Waals surface area contributed by atoms with E-state index in [1.54, 1.807) is 6.07 Å². The van der Waals surface area contributed by atoms with E-state index in [0.29, 0.717) is 0 Å². The summed E-state index contributed by atoms with van der Waals surface area (Å²) in [7, 11) is -3.02. The van der Waals surface area contributed by atoms with Crippen LogP contribution in [0.15, 0.2) is 77.7 Å². The number of rotatable bonds is 8. The van der Waals surface area contributed by atoms with Gasteiger partial charge in [0.05, 0.1) is 33.2 Å². The SMILES string of the molecule is COC(=O)c1cc(NC(=O)CN(c2ccc([N+](=O)[O-])cc2)S(=O)(=O)c2ccccc2)ccc1Cl. The fourth-order valence-electron chi connectivity index (χ4n) is 2.98.